The van der Waals surface area contributed by atoms with Crippen LogP contribution in [0.2, 0.25) is 0 Å². The molecule has 124 valence electrons. The average molecular weight is 320 g/mol. The van der Waals surface area contributed by atoms with Gasteiger partial charge in [0, 0.05) is 38.2 Å². The van der Waals surface area contributed by atoms with E-state index in [1.165, 1.54) is 12.3 Å². The Bertz CT molecular complexity index is 563. The van der Waals surface area contributed by atoms with E-state index in [1.54, 1.807) is 6.07 Å². The minimum atomic E-state index is -0.454. The van der Waals surface area contributed by atoms with Gasteiger partial charge in [-0.2, -0.15) is 0 Å². The zero-order valence-corrected chi connectivity index (χ0v) is 12.9. The lowest BCUT2D eigenvalue weighted by atomic mass is 9.95. The fraction of sp³-hybridized carbons (Fsp3) is 0.600. The average Bonchev–Trinajstić information content (AvgIpc) is 2.62. The molecule has 0 unspecified atom stereocenters. The van der Waals surface area contributed by atoms with Crippen molar-refractivity contribution in [2.75, 3.05) is 44.3 Å². The van der Waals surface area contributed by atoms with Crippen LogP contribution in [0.25, 0.3) is 0 Å². The quantitative estimate of drug-likeness (QED) is 0.611. The van der Waals surface area contributed by atoms with Gasteiger partial charge >= 0.3 is 0 Å². The Morgan fingerprint density at radius 2 is 1.91 bits per heavy atom. The first-order chi connectivity index (χ1) is 11.1. The van der Waals surface area contributed by atoms with Gasteiger partial charge in [-0.05, 0) is 18.9 Å². The van der Waals surface area contributed by atoms with Gasteiger partial charge in [0.15, 0.2) is 0 Å². The van der Waals surface area contributed by atoms with E-state index in [-0.39, 0.29) is 17.5 Å². The maximum absolute atomic E-state index is 12.5. The third kappa shape index (κ3) is 3.58. The summed E-state index contributed by atoms with van der Waals surface area (Å²) in [7, 11) is 0. The highest BCUT2D eigenvalue weighted by atomic mass is 16.6. The molecule has 0 atom stereocenters. The third-order valence-corrected chi connectivity index (χ3v) is 4.43. The van der Waals surface area contributed by atoms with Gasteiger partial charge in [0.2, 0.25) is 5.91 Å². The number of hydrogen-bond acceptors (Lipinski definition) is 6. The van der Waals surface area contributed by atoms with Crippen molar-refractivity contribution in [3.05, 3.63) is 28.4 Å². The molecule has 0 aromatic carbocycles. The van der Waals surface area contributed by atoms with Crippen molar-refractivity contribution in [2.24, 2.45) is 5.92 Å². The zero-order valence-electron chi connectivity index (χ0n) is 12.9. The summed E-state index contributed by atoms with van der Waals surface area (Å²) in [6.45, 7) is 4.09. The second kappa shape index (κ2) is 6.91. The Balaban J connectivity index is 1.55. The number of morpholine rings is 1. The molecule has 0 N–H and O–H groups in total. The predicted molar refractivity (Wildman–Crippen MR) is 83.2 cm³/mol. The number of nitro groups is 1. The number of hydrogen-bond donors (Lipinski definition) is 0. The smallest absolute Gasteiger partial charge is 0.287 e. The second-order valence-electron chi connectivity index (χ2n) is 5.83. The molecule has 0 bridgehead atoms. The van der Waals surface area contributed by atoms with Crippen molar-refractivity contribution in [3.63, 3.8) is 0 Å². The standard InChI is InChI=1S/C15H20N4O4/c20-15(18-7-9-23-10-8-18)12-3-5-17(6-4-12)14-2-1-13(11-16-14)19(21)22/h1-2,11-12H,3-10H2. The SMILES string of the molecule is O=C(C1CCN(c2ccc([N+](=O)[O-])cn2)CC1)N1CCOCC1. The van der Waals surface area contributed by atoms with Crippen LogP contribution in [0.1, 0.15) is 12.8 Å². The molecule has 0 saturated carbocycles. The van der Waals surface area contributed by atoms with Crippen LogP contribution >= 0.6 is 0 Å². The van der Waals surface area contributed by atoms with Crippen LogP contribution in [0.3, 0.4) is 0 Å². The molecule has 1 aromatic heterocycles. The minimum absolute atomic E-state index is 0.00821. The van der Waals surface area contributed by atoms with Crippen LogP contribution in [-0.4, -0.2) is 60.1 Å². The summed E-state index contributed by atoms with van der Waals surface area (Å²) in [6, 6.07) is 3.13. The largest absolute Gasteiger partial charge is 0.378 e. The monoisotopic (exact) mass is 320 g/mol. The summed E-state index contributed by atoms with van der Waals surface area (Å²) in [5.74, 6) is 1.01. The zero-order chi connectivity index (χ0) is 16.2. The number of nitrogens with zero attached hydrogens (tertiary/aromatic N) is 4. The normalized spacial score (nSPS) is 19.7. The lowest BCUT2D eigenvalue weighted by Crippen LogP contribution is -2.46. The number of ether oxygens (including phenoxy) is 1. The maximum atomic E-state index is 12.5. The van der Waals surface area contributed by atoms with Gasteiger partial charge in [0.25, 0.3) is 5.69 Å². The van der Waals surface area contributed by atoms with E-state index in [4.69, 9.17) is 4.74 Å². The van der Waals surface area contributed by atoms with Gasteiger partial charge in [0.1, 0.15) is 12.0 Å². The molecule has 1 amide bonds. The minimum Gasteiger partial charge on any atom is -0.378 e. The van der Waals surface area contributed by atoms with Crippen LogP contribution < -0.4 is 4.90 Å². The summed E-state index contributed by atoms with van der Waals surface area (Å²) in [4.78, 5) is 30.8. The highest BCUT2D eigenvalue weighted by Crippen LogP contribution is 2.24. The molecule has 8 heteroatoms. The van der Waals surface area contributed by atoms with Gasteiger partial charge in [-0.25, -0.2) is 4.98 Å². The number of amides is 1. The molecule has 1 aromatic rings. The van der Waals surface area contributed by atoms with E-state index in [0.29, 0.717) is 26.3 Å². The number of piperidine rings is 1. The van der Waals surface area contributed by atoms with Crippen molar-refractivity contribution < 1.29 is 14.5 Å². The van der Waals surface area contributed by atoms with Crippen LogP contribution in [-0.2, 0) is 9.53 Å². The molecule has 8 nitrogen and oxygen atoms in total. The molecular weight excluding hydrogens is 300 g/mol. The Morgan fingerprint density at radius 3 is 2.48 bits per heavy atom. The van der Waals surface area contributed by atoms with Crippen molar-refractivity contribution in [1.29, 1.82) is 0 Å². The van der Waals surface area contributed by atoms with Crippen molar-refractivity contribution in [3.8, 4) is 0 Å². The van der Waals surface area contributed by atoms with Crippen LogP contribution in [0.4, 0.5) is 11.5 Å². The molecule has 3 heterocycles. The van der Waals surface area contributed by atoms with Gasteiger partial charge in [0.05, 0.1) is 18.1 Å². The lowest BCUT2D eigenvalue weighted by Gasteiger charge is -2.35. The van der Waals surface area contributed by atoms with E-state index in [0.717, 1.165) is 31.7 Å². The molecule has 0 radical (unpaired) electrons. The summed E-state index contributed by atoms with van der Waals surface area (Å²) in [6.07, 6.45) is 2.85. The summed E-state index contributed by atoms with van der Waals surface area (Å²) in [5.41, 5.74) is -0.00821. The fourth-order valence-corrected chi connectivity index (χ4v) is 3.07. The van der Waals surface area contributed by atoms with Crippen molar-refractivity contribution in [2.45, 2.75) is 12.8 Å². The number of pyridine rings is 1. The molecule has 2 saturated heterocycles. The topological polar surface area (TPSA) is 88.8 Å². The fourth-order valence-electron chi connectivity index (χ4n) is 3.07. The maximum Gasteiger partial charge on any atom is 0.287 e. The number of rotatable bonds is 3. The van der Waals surface area contributed by atoms with Crippen molar-refractivity contribution >= 4 is 17.4 Å². The summed E-state index contributed by atoms with van der Waals surface area (Å²) < 4.78 is 5.28. The molecule has 3 rings (SSSR count). The van der Waals surface area contributed by atoms with Crippen LogP contribution in [0, 0.1) is 16.0 Å². The van der Waals surface area contributed by atoms with Crippen LogP contribution in [0.15, 0.2) is 18.3 Å². The summed E-state index contributed by atoms with van der Waals surface area (Å²) >= 11 is 0. The van der Waals surface area contributed by atoms with Gasteiger partial charge in [-0.15, -0.1) is 0 Å². The van der Waals surface area contributed by atoms with Gasteiger partial charge < -0.3 is 14.5 Å². The molecule has 2 aliphatic heterocycles. The van der Waals surface area contributed by atoms with Gasteiger partial charge in [-0.1, -0.05) is 0 Å². The molecule has 23 heavy (non-hydrogen) atoms. The molecule has 0 aliphatic carbocycles. The number of carbonyl (C=O) groups is 1. The highest BCUT2D eigenvalue weighted by molar-refractivity contribution is 5.79. The molecule has 2 aliphatic rings. The third-order valence-electron chi connectivity index (χ3n) is 4.43. The highest BCUT2D eigenvalue weighted by Gasteiger charge is 2.29. The number of anilines is 1. The molecular formula is C15H20N4O4. The predicted octanol–water partition coefficient (Wildman–Crippen LogP) is 1.06. The lowest BCUT2D eigenvalue weighted by molar-refractivity contribution is -0.385. The number of carbonyl (C=O) groups excluding carboxylic acids is 1. The summed E-state index contributed by atoms with van der Waals surface area (Å²) in [5, 5.41) is 10.7. The Labute approximate surface area is 134 Å². The van der Waals surface area contributed by atoms with E-state index in [9.17, 15) is 14.9 Å². The van der Waals surface area contributed by atoms with E-state index in [2.05, 4.69) is 9.88 Å². The van der Waals surface area contributed by atoms with Gasteiger partial charge in [-0.3, -0.25) is 14.9 Å². The Morgan fingerprint density at radius 1 is 1.22 bits per heavy atom. The Kier molecular flexibility index (Phi) is 4.71. The molecule has 2 fully saturated rings. The first-order valence-electron chi connectivity index (χ1n) is 7.87. The number of aromatic nitrogens is 1. The second-order valence-corrected chi connectivity index (χ2v) is 5.83. The van der Waals surface area contributed by atoms with E-state index in [1.807, 2.05) is 4.90 Å². The Hall–Kier alpha value is -2.22. The van der Waals surface area contributed by atoms with Crippen LogP contribution in [0.5, 0.6) is 0 Å². The first kappa shape index (κ1) is 15.7. The van der Waals surface area contributed by atoms with E-state index < -0.39 is 4.92 Å². The first-order valence-corrected chi connectivity index (χ1v) is 7.87. The van der Waals surface area contributed by atoms with Crippen molar-refractivity contribution in [1.82, 2.24) is 9.88 Å². The van der Waals surface area contributed by atoms with E-state index >= 15 is 0 Å². The molecule has 0 spiro atoms.